The van der Waals surface area contributed by atoms with E-state index in [9.17, 15) is 14.4 Å². The van der Waals surface area contributed by atoms with E-state index in [0.717, 1.165) is 17.2 Å². The zero-order chi connectivity index (χ0) is 25.9. The highest BCUT2D eigenvalue weighted by molar-refractivity contribution is 5.91. The first-order chi connectivity index (χ1) is 17.4. The van der Waals surface area contributed by atoms with E-state index in [1.54, 1.807) is 55.5 Å². The summed E-state index contributed by atoms with van der Waals surface area (Å²) in [6.45, 7) is 9.08. The second-order valence-corrected chi connectivity index (χ2v) is 7.71. The lowest BCUT2D eigenvalue weighted by atomic mass is 10.1. The maximum Gasteiger partial charge on any atom is 0.343 e. The second-order valence-electron chi connectivity index (χ2n) is 7.71. The SMILES string of the molecule is C=CC(=O)Oc1ccc(-c2ccc(OC(=O)c3ccc(OCCCOC(=O)C(=C)C)cc3)cc2)cc1. The highest BCUT2D eigenvalue weighted by Gasteiger charge is 2.10. The number of benzene rings is 3. The molecule has 36 heavy (non-hydrogen) atoms. The summed E-state index contributed by atoms with van der Waals surface area (Å²) >= 11 is 0. The normalized spacial score (nSPS) is 10.1. The van der Waals surface area contributed by atoms with Gasteiger partial charge in [0.15, 0.2) is 0 Å². The minimum absolute atomic E-state index is 0.241. The zero-order valence-electron chi connectivity index (χ0n) is 19.9. The summed E-state index contributed by atoms with van der Waals surface area (Å²) in [4.78, 5) is 35.1. The van der Waals surface area contributed by atoms with Crippen molar-refractivity contribution in [2.24, 2.45) is 0 Å². The van der Waals surface area contributed by atoms with Crippen LogP contribution < -0.4 is 14.2 Å². The van der Waals surface area contributed by atoms with Crippen LogP contribution in [0.2, 0.25) is 0 Å². The Morgan fingerprint density at radius 1 is 0.750 bits per heavy atom. The minimum atomic E-state index is -0.519. The van der Waals surface area contributed by atoms with Gasteiger partial charge in [-0.25, -0.2) is 14.4 Å². The summed E-state index contributed by atoms with van der Waals surface area (Å²) in [6, 6.07) is 20.7. The number of rotatable bonds is 11. The maximum absolute atomic E-state index is 12.5. The Balaban J connectivity index is 1.48. The number of carbonyl (C=O) groups excluding carboxylic acids is 3. The van der Waals surface area contributed by atoms with Crippen molar-refractivity contribution in [3.63, 3.8) is 0 Å². The van der Waals surface area contributed by atoms with Gasteiger partial charge in [-0.3, -0.25) is 0 Å². The van der Waals surface area contributed by atoms with Crippen molar-refractivity contribution >= 4 is 17.9 Å². The fourth-order valence-electron chi connectivity index (χ4n) is 2.98. The average molecular weight is 487 g/mol. The lowest BCUT2D eigenvalue weighted by molar-refractivity contribution is -0.139. The zero-order valence-corrected chi connectivity index (χ0v) is 19.9. The van der Waals surface area contributed by atoms with Crippen LogP contribution in [0.4, 0.5) is 0 Å². The van der Waals surface area contributed by atoms with E-state index < -0.39 is 17.9 Å². The Morgan fingerprint density at radius 3 is 1.81 bits per heavy atom. The molecule has 0 radical (unpaired) electrons. The third kappa shape index (κ3) is 7.70. The summed E-state index contributed by atoms with van der Waals surface area (Å²) in [7, 11) is 0. The first-order valence-corrected chi connectivity index (χ1v) is 11.2. The average Bonchev–Trinajstić information content (AvgIpc) is 2.89. The van der Waals surface area contributed by atoms with Crippen LogP contribution in [0.3, 0.4) is 0 Å². The van der Waals surface area contributed by atoms with Gasteiger partial charge in [-0.15, -0.1) is 0 Å². The number of esters is 3. The van der Waals surface area contributed by atoms with E-state index in [-0.39, 0.29) is 6.61 Å². The molecule has 0 unspecified atom stereocenters. The highest BCUT2D eigenvalue weighted by atomic mass is 16.5. The number of hydrogen-bond acceptors (Lipinski definition) is 7. The molecule has 0 saturated carbocycles. The number of carbonyl (C=O) groups is 3. The molecule has 0 fully saturated rings. The molecule has 0 aliphatic carbocycles. The molecule has 0 saturated heterocycles. The van der Waals surface area contributed by atoms with Crippen LogP contribution in [0.25, 0.3) is 11.1 Å². The van der Waals surface area contributed by atoms with Gasteiger partial charge in [0.25, 0.3) is 0 Å². The lowest BCUT2D eigenvalue weighted by Crippen LogP contribution is -2.10. The van der Waals surface area contributed by atoms with Gasteiger partial charge >= 0.3 is 17.9 Å². The van der Waals surface area contributed by atoms with E-state index in [0.29, 0.717) is 41.4 Å². The largest absolute Gasteiger partial charge is 0.493 e. The molecule has 0 bridgehead atoms. The van der Waals surface area contributed by atoms with Gasteiger partial charge in [0.05, 0.1) is 18.8 Å². The number of hydrogen-bond donors (Lipinski definition) is 0. The molecule has 0 aliphatic heterocycles. The number of ether oxygens (including phenoxy) is 4. The molecule has 0 N–H and O–H groups in total. The van der Waals surface area contributed by atoms with Crippen molar-refractivity contribution in [2.45, 2.75) is 13.3 Å². The van der Waals surface area contributed by atoms with Gasteiger partial charge in [-0.05, 0) is 66.6 Å². The Hall–Kier alpha value is -4.65. The van der Waals surface area contributed by atoms with E-state index in [1.807, 2.05) is 24.3 Å². The van der Waals surface area contributed by atoms with E-state index >= 15 is 0 Å². The monoisotopic (exact) mass is 486 g/mol. The maximum atomic E-state index is 12.5. The van der Waals surface area contributed by atoms with Crippen LogP contribution in [0.1, 0.15) is 23.7 Å². The van der Waals surface area contributed by atoms with Crippen molar-refractivity contribution in [3.05, 3.63) is 103 Å². The standard InChI is InChI=1S/C29H26O7/c1-4-27(30)35-25-14-6-21(7-15-25)22-8-16-26(17-9-22)36-29(32)23-10-12-24(13-11-23)33-18-5-19-34-28(31)20(2)3/h4,6-17H,1-2,5,18-19H2,3H3. The molecule has 0 atom stereocenters. The van der Waals surface area contributed by atoms with Gasteiger partial charge in [-0.2, -0.15) is 0 Å². The predicted octanol–water partition coefficient (Wildman–Crippen LogP) is 5.55. The highest BCUT2D eigenvalue weighted by Crippen LogP contribution is 2.25. The van der Waals surface area contributed by atoms with Crippen molar-refractivity contribution < 1.29 is 33.3 Å². The third-order valence-electron chi connectivity index (χ3n) is 4.87. The van der Waals surface area contributed by atoms with Crippen LogP contribution in [0, 0.1) is 0 Å². The summed E-state index contributed by atoms with van der Waals surface area (Å²) in [5.41, 5.74) is 2.56. The molecule has 0 heterocycles. The second kappa shape index (κ2) is 12.7. The predicted molar refractivity (Wildman–Crippen MR) is 135 cm³/mol. The summed E-state index contributed by atoms with van der Waals surface area (Å²) in [5, 5.41) is 0. The molecule has 7 heteroatoms. The Labute approximate surface area is 209 Å². The van der Waals surface area contributed by atoms with Gasteiger partial charge in [0.1, 0.15) is 17.2 Å². The topological polar surface area (TPSA) is 88.1 Å². The van der Waals surface area contributed by atoms with Crippen molar-refractivity contribution in [3.8, 4) is 28.4 Å². The summed E-state index contributed by atoms with van der Waals surface area (Å²) in [6.07, 6.45) is 1.64. The molecule has 7 nitrogen and oxygen atoms in total. The van der Waals surface area contributed by atoms with Gasteiger partial charge in [0, 0.05) is 18.1 Å². The first kappa shape index (κ1) is 26.0. The van der Waals surface area contributed by atoms with Gasteiger partial charge in [0.2, 0.25) is 0 Å². The molecule has 3 aromatic rings. The van der Waals surface area contributed by atoms with Crippen molar-refractivity contribution in [1.29, 1.82) is 0 Å². The van der Waals surface area contributed by atoms with E-state index in [4.69, 9.17) is 18.9 Å². The van der Waals surface area contributed by atoms with Gasteiger partial charge in [-0.1, -0.05) is 37.4 Å². The molecule has 3 aromatic carbocycles. The van der Waals surface area contributed by atoms with Crippen molar-refractivity contribution in [1.82, 2.24) is 0 Å². The quantitative estimate of drug-likeness (QED) is 0.152. The van der Waals surface area contributed by atoms with Crippen LogP contribution in [0.5, 0.6) is 17.2 Å². The lowest BCUT2D eigenvalue weighted by Gasteiger charge is -2.09. The summed E-state index contributed by atoms with van der Waals surface area (Å²) in [5.74, 6) is -0.00811. The van der Waals surface area contributed by atoms with E-state index in [2.05, 4.69) is 13.2 Å². The fourth-order valence-corrected chi connectivity index (χ4v) is 2.98. The van der Waals surface area contributed by atoms with Crippen LogP contribution in [0.15, 0.2) is 97.6 Å². The molecular formula is C29H26O7. The van der Waals surface area contributed by atoms with Crippen molar-refractivity contribution in [2.75, 3.05) is 13.2 Å². The van der Waals surface area contributed by atoms with E-state index in [1.165, 1.54) is 0 Å². The molecule has 0 spiro atoms. The van der Waals surface area contributed by atoms with Crippen LogP contribution in [-0.2, 0) is 14.3 Å². The molecular weight excluding hydrogens is 460 g/mol. The first-order valence-electron chi connectivity index (χ1n) is 11.2. The Bertz CT molecular complexity index is 1220. The minimum Gasteiger partial charge on any atom is -0.493 e. The van der Waals surface area contributed by atoms with Gasteiger partial charge < -0.3 is 18.9 Å². The third-order valence-corrected chi connectivity index (χ3v) is 4.87. The molecule has 0 aliphatic rings. The van der Waals surface area contributed by atoms with Crippen LogP contribution in [-0.4, -0.2) is 31.1 Å². The molecule has 0 aromatic heterocycles. The molecule has 3 rings (SSSR count). The summed E-state index contributed by atoms with van der Waals surface area (Å²) < 4.78 is 21.1. The van der Waals surface area contributed by atoms with Crippen LogP contribution >= 0.6 is 0 Å². The molecule has 0 amide bonds. The smallest absolute Gasteiger partial charge is 0.343 e. The Morgan fingerprint density at radius 2 is 1.28 bits per heavy atom. The Kier molecular flexibility index (Phi) is 9.17. The molecule has 184 valence electrons. The fraction of sp³-hybridized carbons (Fsp3) is 0.138.